The Morgan fingerprint density at radius 1 is 1.32 bits per heavy atom. The minimum Gasteiger partial charge on any atom is -0.378 e. The summed E-state index contributed by atoms with van der Waals surface area (Å²) in [5.74, 6) is 0.201. The summed E-state index contributed by atoms with van der Waals surface area (Å²) in [6.45, 7) is 7.79. The highest BCUT2D eigenvalue weighted by atomic mass is 16.5. The third-order valence-corrected chi connectivity index (χ3v) is 3.77. The Bertz CT molecular complexity index is 284. The van der Waals surface area contributed by atoms with Crippen molar-refractivity contribution in [2.24, 2.45) is 0 Å². The van der Waals surface area contributed by atoms with Crippen molar-refractivity contribution in [3.8, 4) is 0 Å². The van der Waals surface area contributed by atoms with Crippen molar-refractivity contribution in [3.05, 3.63) is 0 Å². The molecule has 0 aliphatic carbocycles. The first kappa shape index (κ1) is 14.7. The number of hydrogen-bond donors (Lipinski definition) is 1. The molecule has 0 radical (unpaired) electrons. The molecule has 19 heavy (non-hydrogen) atoms. The largest absolute Gasteiger partial charge is 0.378 e. The van der Waals surface area contributed by atoms with Crippen LogP contribution in [0.2, 0.25) is 0 Å². The number of carbonyl (C=O) groups is 1. The molecule has 1 N–H and O–H groups in total. The van der Waals surface area contributed by atoms with Crippen molar-refractivity contribution in [2.45, 2.75) is 6.04 Å². The molecular weight excluding hydrogens is 244 g/mol. The summed E-state index contributed by atoms with van der Waals surface area (Å²) in [5, 5.41) is 3.23. The lowest BCUT2D eigenvalue weighted by Crippen LogP contribution is -2.57. The Morgan fingerprint density at radius 3 is 2.63 bits per heavy atom. The van der Waals surface area contributed by atoms with E-state index in [1.54, 1.807) is 0 Å². The van der Waals surface area contributed by atoms with Crippen LogP contribution in [0.3, 0.4) is 0 Å². The molecule has 0 aromatic rings. The van der Waals surface area contributed by atoms with Crippen molar-refractivity contribution in [3.63, 3.8) is 0 Å². The molecule has 0 aromatic heterocycles. The summed E-state index contributed by atoms with van der Waals surface area (Å²) >= 11 is 0. The van der Waals surface area contributed by atoms with E-state index in [0.717, 1.165) is 45.8 Å². The van der Waals surface area contributed by atoms with Crippen molar-refractivity contribution >= 4 is 5.91 Å². The highest BCUT2D eigenvalue weighted by Crippen LogP contribution is 2.06. The number of rotatable bonds is 4. The average molecular weight is 270 g/mol. The van der Waals surface area contributed by atoms with Gasteiger partial charge in [0.2, 0.25) is 5.91 Å². The summed E-state index contributed by atoms with van der Waals surface area (Å²) < 4.78 is 5.35. The number of amides is 1. The monoisotopic (exact) mass is 270 g/mol. The van der Waals surface area contributed by atoms with E-state index in [9.17, 15) is 4.79 Å². The number of hydrogen-bond acceptors (Lipinski definition) is 5. The molecule has 1 unspecified atom stereocenters. The van der Waals surface area contributed by atoms with Gasteiger partial charge < -0.3 is 19.9 Å². The third kappa shape index (κ3) is 4.42. The zero-order chi connectivity index (χ0) is 13.7. The van der Waals surface area contributed by atoms with Gasteiger partial charge >= 0.3 is 0 Å². The van der Waals surface area contributed by atoms with E-state index in [4.69, 9.17) is 4.74 Å². The predicted molar refractivity (Wildman–Crippen MR) is 74.2 cm³/mol. The third-order valence-electron chi connectivity index (χ3n) is 3.77. The number of carbonyl (C=O) groups excluding carboxylic acids is 1. The van der Waals surface area contributed by atoms with Gasteiger partial charge in [-0.15, -0.1) is 0 Å². The van der Waals surface area contributed by atoms with Gasteiger partial charge in [-0.1, -0.05) is 0 Å². The first-order valence-corrected chi connectivity index (χ1v) is 7.14. The van der Waals surface area contributed by atoms with Crippen molar-refractivity contribution in [1.82, 2.24) is 20.0 Å². The Kier molecular flexibility index (Phi) is 5.57. The van der Waals surface area contributed by atoms with Gasteiger partial charge in [0.1, 0.15) is 6.04 Å². The predicted octanol–water partition coefficient (Wildman–Crippen LogP) is -1.32. The fourth-order valence-electron chi connectivity index (χ4n) is 2.48. The van der Waals surface area contributed by atoms with Crippen molar-refractivity contribution in [2.75, 3.05) is 73.1 Å². The Morgan fingerprint density at radius 2 is 2.05 bits per heavy atom. The number of nitrogens with one attached hydrogen (secondary N) is 1. The van der Waals surface area contributed by atoms with Crippen LogP contribution in [0.5, 0.6) is 0 Å². The van der Waals surface area contributed by atoms with Crippen LogP contribution in [0.25, 0.3) is 0 Å². The molecule has 1 atom stereocenters. The van der Waals surface area contributed by atoms with Gasteiger partial charge in [-0.3, -0.25) is 9.69 Å². The Hall–Kier alpha value is -0.690. The van der Waals surface area contributed by atoms with Crippen LogP contribution in [0.1, 0.15) is 0 Å². The minimum atomic E-state index is -0.137. The van der Waals surface area contributed by atoms with E-state index in [0.29, 0.717) is 13.2 Å². The molecule has 2 rings (SSSR count). The lowest BCUT2D eigenvalue weighted by atomic mass is 10.2. The van der Waals surface area contributed by atoms with Crippen LogP contribution < -0.4 is 5.32 Å². The van der Waals surface area contributed by atoms with E-state index in [1.807, 2.05) is 4.90 Å². The lowest BCUT2D eigenvalue weighted by Gasteiger charge is -2.37. The molecule has 2 saturated heterocycles. The normalized spacial score (nSPS) is 25.8. The summed E-state index contributed by atoms with van der Waals surface area (Å²) in [7, 11) is 4.18. The molecule has 2 aliphatic rings. The second kappa shape index (κ2) is 7.19. The van der Waals surface area contributed by atoms with Crippen LogP contribution in [0.15, 0.2) is 0 Å². The number of ether oxygens (including phenoxy) is 1. The summed E-state index contributed by atoms with van der Waals surface area (Å²) in [4.78, 5) is 18.9. The van der Waals surface area contributed by atoms with E-state index in [-0.39, 0.29) is 11.9 Å². The maximum Gasteiger partial charge on any atom is 0.242 e. The maximum atomic E-state index is 12.3. The molecule has 6 heteroatoms. The van der Waals surface area contributed by atoms with Crippen LogP contribution in [-0.4, -0.2) is 99.8 Å². The van der Waals surface area contributed by atoms with Gasteiger partial charge in [0, 0.05) is 45.8 Å². The summed E-state index contributed by atoms with van der Waals surface area (Å²) in [6.07, 6.45) is 0. The molecule has 2 aliphatic heterocycles. The van der Waals surface area contributed by atoms with Gasteiger partial charge in [-0.2, -0.15) is 0 Å². The molecule has 6 nitrogen and oxygen atoms in total. The van der Waals surface area contributed by atoms with Crippen LogP contribution >= 0.6 is 0 Å². The highest BCUT2D eigenvalue weighted by Gasteiger charge is 2.28. The topological polar surface area (TPSA) is 48.0 Å². The Balaban J connectivity index is 1.71. The molecule has 0 bridgehead atoms. The molecule has 2 heterocycles. The van der Waals surface area contributed by atoms with Gasteiger partial charge in [-0.05, 0) is 14.1 Å². The zero-order valence-electron chi connectivity index (χ0n) is 12.1. The molecule has 0 aromatic carbocycles. The summed E-state index contributed by atoms with van der Waals surface area (Å²) in [5.41, 5.74) is 0. The second-order valence-corrected chi connectivity index (χ2v) is 5.55. The standard InChI is InChI=1S/C13H26N4O2/c1-15(2)4-5-16-6-8-17(9-7-16)13(18)12-11-19-10-3-14-12/h12,14H,3-11H2,1-2H3. The molecule has 110 valence electrons. The van der Waals surface area contributed by atoms with E-state index in [2.05, 4.69) is 29.2 Å². The highest BCUT2D eigenvalue weighted by molar-refractivity contribution is 5.82. The Labute approximate surface area is 115 Å². The van der Waals surface area contributed by atoms with Gasteiger partial charge in [0.15, 0.2) is 0 Å². The molecule has 0 spiro atoms. The van der Waals surface area contributed by atoms with Crippen LogP contribution in [0, 0.1) is 0 Å². The zero-order valence-corrected chi connectivity index (χ0v) is 12.1. The number of likely N-dealkylation sites (N-methyl/N-ethyl adjacent to an activating group) is 1. The van der Waals surface area contributed by atoms with Crippen molar-refractivity contribution < 1.29 is 9.53 Å². The quantitative estimate of drug-likeness (QED) is 0.687. The van der Waals surface area contributed by atoms with Crippen molar-refractivity contribution in [1.29, 1.82) is 0 Å². The van der Waals surface area contributed by atoms with E-state index in [1.165, 1.54) is 0 Å². The van der Waals surface area contributed by atoms with Crippen LogP contribution in [-0.2, 0) is 9.53 Å². The first-order valence-electron chi connectivity index (χ1n) is 7.14. The number of piperazine rings is 1. The molecule has 1 amide bonds. The second-order valence-electron chi connectivity index (χ2n) is 5.55. The smallest absolute Gasteiger partial charge is 0.242 e. The molecule has 2 fully saturated rings. The number of morpholine rings is 1. The van der Waals surface area contributed by atoms with E-state index < -0.39 is 0 Å². The average Bonchev–Trinajstić information content (AvgIpc) is 2.46. The SMILES string of the molecule is CN(C)CCN1CCN(C(=O)C2COCCN2)CC1. The van der Waals surface area contributed by atoms with E-state index >= 15 is 0 Å². The maximum absolute atomic E-state index is 12.3. The summed E-state index contributed by atoms with van der Waals surface area (Å²) in [6, 6.07) is -0.137. The van der Waals surface area contributed by atoms with Gasteiger partial charge in [0.25, 0.3) is 0 Å². The lowest BCUT2D eigenvalue weighted by molar-refractivity contribution is -0.138. The van der Waals surface area contributed by atoms with Gasteiger partial charge in [-0.25, -0.2) is 0 Å². The molecule has 0 saturated carbocycles. The van der Waals surface area contributed by atoms with Crippen LogP contribution in [0.4, 0.5) is 0 Å². The fourth-order valence-corrected chi connectivity index (χ4v) is 2.48. The first-order chi connectivity index (χ1) is 9.16. The van der Waals surface area contributed by atoms with Gasteiger partial charge in [0.05, 0.1) is 13.2 Å². The number of nitrogens with zero attached hydrogens (tertiary/aromatic N) is 3. The molecular formula is C13H26N4O2. The fraction of sp³-hybridized carbons (Fsp3) is 0.923. The minimum absolute atomic E-state index is 0.137.